The molecule has 0 aliphatic carbocycles. The van der Waals surface area contributed by atoms with Crippen LogP contribution in [0.1, 0.15) is 18.4 Å². The maximum Gasteiger partial charge on any atom is 0.488 e. The molecule has 1 fully saturated rings. The van der Waals surface area contributed by atoms with Crippen molar-refractivity contribution in [3.63, 3.8) is 0 Å². The maximum absolute atomic E-state index is 13.3. The van der Waals surface area contributed by atoms with E-state index >= 15 is 0 Å². The number of hydrogen-bond acceptors (Lipinski definition) is 4. The molecule has 1 aliphatic rings. The first kappa shape index (κ1) is 13.9. The molecule has 1 aliphatic heterocycles. The molecular weight excluding hydrogens is 254 g/mol. The predicted octanol–water partition coefficient (Wildman–Crippen LogP) is 0.918. The first-order valence-corrected chi connectivity index (χ1v) is 7.15. The minimum atomic E-state index is -1.62. The van der Waals surface area contributed by atoms with Crippen molar-refractivity contribution in [2.45, 2.75) is 24.7 Å². The van der Waals surface area contributed by atoms with E-state index in [1.807, 2.05) is 0 Å². The largest absolute Gasteiger partial charge is 0.488 e. The molecule has 1 heterocycles. The molecule has 2 rings (SSSR count). The number of halogens is 1. The molecule has 0 amide bonds. The summed E-state index contributed by atoms with van der Waals surface area (Å²) in [6.07, 6.45) is 2.52. The summed E-state index contributed by atoms with van der Waals surface area (Å²) < 4.78 is 18.8. The van der Waals surface area contributed by atoms with Gasteiger partial charge in [0.2, 0.25) is 0 Å². The lowest BCUT2D eigenvalue weighted by atomic mass is 9.79. The first-order valence-electron chi connectivity index (χ1n) is 6.00. The molecule has 18 heavy (non-hydrogen) atoms. The fourth-order valence-corrected chi connectivity index (χ4v) is 3.04. The average molecular weight is 270 g/mol. The van der Waals surface area contributed by atoms with Crippen molar-refractivity contribution < 1.29 is 19.2 Å². The van der Waals surface area contributed by atoms with Gasteiger partial charge in [-0.3, -0.25) is 0 Å². The molecule has 0 bridgehead atoms. The average Bonchev–Trinajstić information content (AvgIpc) is 2.81. The van der Waals surface area contributed by atoms with E-state index in [1.54, 1.807) is 17.8 Å². The van der Waals surface area contributed by atoms with Crippen LogP contribution in [0, 0.1) is 5.82 Å². The molecular formula is C12H16BFO3S. The highest BCUT2D eigenvalue weighted by Gasteiger charge is 2.16. The third-order valence-corrected chi connectivity index (χ3v) is 4.02. The Labute approximate surface area is 110 Å². The Morgan fingerprint density at radius 2 is 2.22 bits per heavy atom. The quantitative estimate of drug-likeness (QED) is 0.781. The van der Waals surface area contributed by atoms with Crippen molar-refractivity contribution in [1.29, 1.82) is 0 Å². The lowest BCUT2D eigenvalue weighted by molar-refractivity contribution is 0.129. The van der Waals surface area contributed by atoms with Crippen LogP contribution in [0.5, 0.6) is 0 Å². The molecule has 1 unspecified atom stereocenters. The van der Waals surface area contributed by atoms with Gasteiger partial charge >= 0.3 is 7.12 Å². The van der Waals surface area contributed by atoms with E-state index in [2.05, 4.69) is 0 Å². The highest BCUT2D eigenvalue weighted by Crippen LogP contribution is 2.20. The standard InChI is InChI=1S/C12H16BFO3S/c14-11-5-9(4-10(6-11)13(15)16)7-18-8-12-2-1-3-17-12/h4-6,12,15-16H,1-3,7-8H2. The van der Waals surface area contributed by atoms with Crippen LogP contribution in [0.4, 0.5) is 4.39 Å². The van der Waals surface area contributed by atoms with Gasteiger partial charge in [-0.1, -0.05) is 6.07 Å². The van der Waals surface area contributed by atoms with E-state index in [9.17, 15) is 4.39 Å². The van der Waals surface area contributed by atoms with Gasteiger partial charge in [0.25, 0.3) is 0 Å². The summed E-state index contributed by atoms with van der Waals surface area (Å²) in [4.78, 5) is 0. The number of ether oxygens (including phenoxy) is 1. The van der Waals surface area contributed by atoms with Crippen LogP contribution >= 0.6 is 11.8 Å². The van der Waals surface area contributed by atoms with Crippen LogP contribution in [0.25, 0.3) is 0 Å². The van der Waals surface area contributed by atoms with Crippen molar-refractivity contribution in [1.82, 2.24) is 0 Å². The second-order valence-electron chi connectivity index (χ2n) is 4.42. The van der Waals surface area contributed by atoms with Gasteiger partial charge in [0, 0.05) is 18.1 Å². The fraction of sp³-hybridized carbons (Fsp3) is 0.500. The highest BCUT2D eigenvalue weighted by atomic mass is 32.2. The van der Waals surface area contributed by atoms with Crippen LogP contribution in [-0.4, -0.2) is 35.6 Å². The second kappa shape index (κ2) is 6.56. The molecule has 1 aromatic carbocycles. The molecule has 0 aromatic heterocycles. The van der Waals surface area contributed by atoms with Gasteiger partial charge in [0.15, 0.2) is 0 Å². The Bertz CT molecular complexity index is 397. The summed E-state index contributed by atoms with van der Waals surface area (Å²) in [6, 6.07) is 4.18. The van der Waals surface area contributed by atoms with E-state index in [4.69, 9.17) is 14.8 Å². The summed E-state index contributed by atoms with van der Waals surface area (Å²) in [5, 5.41) is 18.1. The summed E-state index contributed by atoms with van der Waals surface area (Å²) in [7, 11) is -1.62. The first-order chi connectivity index (χ1) is 8.65. The van der Waals surface area contributed by atoms with E-state index in [0.717, 1.165) is 36.8 Å². The van der Waals surface area contributed by atoms with Crippen LogP contribution in [-0.2, 0) is 10.5 Å². The van der Waals surface area contributed by atoms with Crippen LogP contribution in [0.3, 0.4) is 0 Å². The number of rotatable bonds is 5. The summed E-state index contributed by atoms with van der Waals surface area (Å²) in [6.45, 7) is 0.839. The highest BCUT2D eigenvalue weighted by molar-refractivity contribution is 7.98. The molecule has 98 valence electrons. The summed E-state index contributed by atoms with van der Waals surface area (Å²) >= 11 is 1.68. The normalized spacial score (nSPS) is 19.2. The maximum atomic E-state index is 13.3. The monoisotopic (exact) mass is 270 g/mol. The lowest BCUT2D eigenvalue weighted by Gasteiger charge is -2.09. The Morgan fingerprint density at radius 1 is 1.39 bits per heavy atom. The Kier molecular flexibility index (Phi) is 5.06. The van der Waals surface area contributed by atoms with Gasteiger partial charge in [0.1, 0.15) is 5.82 Å². The van der Waals surface area contributed by atoms with Crippen molar-refractivity contribution >= 4 is 24.3 Å². The molecule has 3 nitrogen and oxygen atoms in total. The van der Waals surface area contributed by atoms with E-state index in [-0.39, 0.29) is 5.46 Å². The van der Waals surface area contributed by atoms with Crippen molar-refractivity contribution in [3.8, 4) is 0 Å². The van der Waals surface area contributed by atoms with Crippen LogP contribution in [0.15, 0.2) is 18.2 Å². The Balaban J connectivity index is 1.88. The zero-order valence-corrected chi connectivity index (χ0v) is 10.8. The number of benzene rings is 1. The van der Waals surface area contributed by atoms with Gasteiger partial charge < -0.3 is 14.8 Å². The molecule has 1 saturated heterocycles. The molecule has 0 saturated carbocycles. The van der Waals surface area contributed by atoms with Crippen molar-refractivity contribution in [3.05, 3.63) is 29.6 Å². The van der Waals surface area contributed by atoms with Gasteiger partial charge in [-0.2, -0.15) is 11.8 Å². The van der Waals surface area contributed by atoms with Gasteiger partial charge in [-0.15, -0.1) is 0 Å². The number of hydrogen-bond donors (Lipinski definition) is 2. The minimum Gasteiger partial charge on any atom is -0.423 e. The van der Waals surface area contributed by atoms with E-state index < -0.39 is 12.9 Å². The third kappa shape index (κ3) is 3.98. The van der Waals surface area contributed by atoms with Gasteiger partial charge in [0.05, 0.1) is 6.10 Å². The SMILES string of the molecule is OB(O)c1cc(F)cc(CSCC2CCCO2)c1. The molecule has 1 aromatic rings. The van der Waals surface area contributed by atoms with Gasteiger partial charge in [-0.25, -0.2) is 4.39 Å². The molecule has 1 atom stereocenters. The van der Waals surface area contributed by atoms with E-state index in [1.165, 1.54) is 6.07 Å². The van der Waals surface area contributed by atoms with Crippen LogP contribution in [0.2, 0.25) is 0 Å². The summed E-state index contributed by atoms with van der Waals surface area (Å²) in [5.74, 6) is 1.11. The van der Waals surface area contributed by atoms with Crippen molar-refractivity contribution in [2.75, 3.05) is 12.4 Å². The molecule has 2 N–H and O–H groups in total. The third-order valence-electron chi connectivity index (χ3n) is 2.87. The van der Waals surface area contributed by atoms with Crippen molar-refractivity contribution in [2.24, 2.45) is 0 Å². The smallest absolute Gasteiger partial charge is 0.423 e. The van der Waals surface area contributed by atoms with E-state index in [0.29, 0.717) is 11.9 Å². The zero-order chi connectivity index (χ0) is 13.0. The fourth-order valence-electron chi connectivity index (χ4n) is 1.99. The molecule has 0 radical (unpaired) electrons. The molecule has 0 spiro atoms. The zero-order valence-electron chi connectivity index (χ0n) is 10.0. The Morgan fingerprint density at radius 3 is 2.89 bits per heavy atom. The number of thioether (sulfide) groups is 1. The molecule has 6 heteroatoms. The Hall–Kier alpha value is -0.555. The predicted molar refractivity (Wildman–Crippen MR) is 71.4 cm³/mol. The second-order valence-corrected chi connectivity index (χ2v) is 5.45. The lowest BCUT2D eigenvalue weighted by Crippen LogP contribution is -2.30. The van der Waals surface area contributed by atoms with Gasteiger partial charge in [-0.05, 0) is 36.0 Å². The van der Waals surface area contributed by atoms with Crippen LogP contribution < -0.4 is 5.46 Å². The summed E-state index contributed by atoms with van der Waals surface area (Å²) in [5.41, 5.74) is 0.962. The topological polar surface area (TPSA) is 49.7 Å². The minimum absolute atomic E-state index is 0.197.